The van der Waals surface area contributed by atoms with Gasteiger partial charge in [0.05, 0.1) is 46.2 Å². The van der Waals surface area contributed by atoms with Gasteiger partial charge in [0.25, 0.3) is 0 Å². The largest absolute Gasteiger partial charge is 0.461 e. The first kappa shape index (κ1) is 66.0. The van der Waals surface area contributed by atoms with Gasteiger partial charge in [-0.3, -0.25) is 33.6 Å². The lowest BCUT2D eigenvalue weighted by molar-refractivity contribution is -0.146. The molecule has 4 unspecified atom stereocenters. The molecule has 4 aromatic rings. The molecule has 83 heavy (non-hydrogen) atoms. The summed E-state index contributed by atoms with van der Waals surface area (Å²) in [5.74, 6) is -3.54. The highest BCUT2D eigenvalue weighted by molar-refractivity contribution is 5.89. The highest BCUT2D eigenvalue weighted by Gasteiger charge is 2.30. The van der Waals surface area contributed by atoms with Crippen molar-refractivity contribution in [1.82, 2.24) is 31.9 Å². The van der Waals surface area contributed by atoms with Gasteiger partial charge >= 0.3 is 18.0 Å². The van der Waals surface area contributed by atoms with E-state index >= 15 is 0 Å². The summed E-state index contributed by atoms with van der Waals surface area (Å²) in [5.41, 5.74) is 11.3. The van der Waals surface area contributed by atoms with Gasteiger partial charge in [0.2, 0.25) is 29.5 Å². The quantitative estimate of drug-likeness (QED) is 0.0186. The van der Waals surface area contributed by atoms with Crippen LogP contribution in [0.2, 0.25) is 0 Å². The second kappa shape index (κ2) is 38.1. The molecule has 0 fully saturated rings. The normalized spacial score (nSPS) is 13.0. The summed E-state index contributed by atoms with van der Waals surface area (Å²) >= 11 is 0. The summed E-state index contributed by atoms with van der Waals surface area (Å²) in [7, 11) is 0. The number of fused-ring (bicyclic) bond motifs is 3. The number of alkyl carbamates (subject to hydrolysis) is 1. The summed E-state index contributed by atoms with van der Waals surface area (Å²) in [4.78, 5) is 104. The van der Waals surface area contributed by atoms with E-state index in [9.17, 15) is 38.4 Å². The molecule has 0 saturated heterocycles. The van der Waals surface area contributed by atoms with Crippen LogP contribution < -0.4 is 37.6 Å². The van der Waals surface area contributed by atoms with Crippen molar-refractivity contribution < 1.29 is 71.5 Å². The Hall–Kier alpha value is -7.76. The zero-order valence-corrected chi connectivity index (χ0v) is 47.5. The van der Waals surface area contributed by atoms with Crippen LogP contribution in [0.15, 0.2) is 109 Å². The Kier molecular flexibility index (Phi) is 30.3. The number of rotatable bonds is 40. The van der Waals surface area contributed by atoms with Crippen LogP contribution >= 0.6 is 0 Å². The molecule has 450 valence electrons. The number of benzene rings is 4. The number of hydrogen-bond donors (Lipinski definition) is 7. The minimum absolute atomic E-state index is 0.0127. The van der Waals surface area contributed by atoms with Gasteiger partial charge in [-0.15, -0.1) is 0 Å². The maximum absolute atomic E-state index is 13.5. The van der Waals surface area contributed by atoms with Crippen LogP contribution in [0.1, 0.15) is 93.4 Å². The monoisotopic (exact) mass is 1150 g/mol. The Balaban J connectivity index is 1.01. The Morgan fingerprint density at radius 2 is 0.940 bits per heavy atom. The highest BCUT2D eigenvalue weighted by Crippen LogP contribution is 2.44. The minimum atomic E-state index is -1.14. The lowest BCUT2D eigenvalue weighted by Crippen LogP contribution is -2.50. The Labute approximate surface area is 485 Å². The first-order chi connectivity index (χ1) is 40.3. The predicted octanol–water partition coefficient (Wildman–Crippen LogP) is 4.25. The second-order valence-corrected chi connectivity index (χ2v) is 19.8. The van der Waals surface area contributed by atoms with Crippen LogP contribution in [0.25, 0.3) is 11.1 Å². The molecule has 1 aliphatic rings. The van der Waals surface area contributed by atoms with Crippen molar-refractivity contribution in [2.45, 2.75) is 109 Å². The van der Waals surface area contributed by atoms with Gasteiger partial charge in [0, 0.05) is 63.3 Å². The van der Waals surface area contributed by atoms with E-state index in [-0.39, 0.29) is 116 Å². The lowest BCUT2D eigenvalue weighted by atomic mass is 9.98. The molecule has 0 spiro atoms. The van der Waals surface area contributed by atoms with Crippen LogP contribution in [-0.2, 0) is 79.9 Å². The summed E-state index contributed by atoms with van der Waals surface area (Å²) in [6.45, 7) is 5.35. The fraction of sp³-hybridized carbons (Fsp3) is 0.475. The average molecular weight is 1150 g/mol. The van der Waals surface area contributed by atoms with Crippen LogP contribution in [0.5, 0.6) is 0 Å². The number of nitrogens with two attached hydrogens (primary N) is 1. The number of hydrogen-bond acceptors (Lipinski definition) is 16. The molecule has 6 amide bonds. The zero-order chi connectivity index (χ0) is 59.4. The molecule has 0 aliphatic heterocycles. The molecule has 0 radical (unpaired) electrons. The maximum atomic E-state index is 13.5. The second-order valence-electron chi connectivity index (χ2n) is 19.8. The number of esters is 2. The van der Waals surface area contributed by atoms with Crippen LogP contribution in [0.3, 0.4) is 0 Å². The summed E-state index contributed by atoms with van der Waals surface area (Å²) < 4.78 is 38.3. The van der Waals surface area contributed by atoms with Gasteiger partial charge in [0.15, 0.2) is 0 Å². The molecule has 5 rings (SSSR count). The summed E-state index contributed by atoms with van der Waals surface area (Å²) in [6.07, 6.45) is -0.477. The number of amides is 6. The van der Waals surface area contributed by atoms with Crippen molar-refractivity contribution in [3.05, 3.63) is 131 Å². The van der Waals surface area contributed by atoms with Crippen LogP contribution in [0, 0.1) is 0 Å². The molecular formula is C61H81N7O15. The maximum Gasteiger partial charge on any atom is 0.407 e. The van der Waals surface area contributed by atoms with Crippen molar-refractivity contribution in [2.24, 2.45) is 5.73 Å². The number of ether oxygens (including phenoxy) is 7. The van der Waals surface area contributed by atoms with E-state index in [2.05, 4.69) is 31.9 Å². The Morgan fingerprint density at radius 1 is 0.458 bits per heavy atom. The van der Waals surface area contributed by atoms with Crippen molar-refractivity contribution >= 4 is 47.6 Å². The Bertz CT molecular complexity index is 2600. The summed E-state index contributed by atoms with van der Waals surface area (Å²) in [5, 5.41) is 16.4. The van der Waals surface area contributed by atoms with E-state index in [1.165, 1.54) is 0 Å². The standard InChI is InChI=1S/C61H81N7O15/c1-43(21-27-57(72)81-39-45-13-5-3-6-14-45)65-55(70)26-24-53(60(75)66-44(2)22-28-58(73)82-40-46-15-7-4-8-16-46)67-56(71)42-80-38-37-78-33-30-63-54(69)25-23-52(59(74)64-31-34-79-36-35-77-32-29-62)68-61(76)83-41-51-49-19-11-9-17-47(49)48-18-10-12-20-50(48)51/h3-20,43-44,51-53H,21-42,62H2,1-2H3,(H,63,69)(H,64,74)(H,65,70)(H,66,75)(H,67,71)(H,68,76). The van der Waals surface area contributed by atoms with E-state index in [4.69, 9.17) is 38.9 Å². The first-order valence-electron chi connectivity index (χ1n) is 28.2. The van der Waals surface area contributed by atoms with E-state index < -0.39 is 72.3 Å². The van der Waals surface area contributed by atoms with E-state index in [1.54, 1.807) is 13.8 Å². The molecule has 22 nitrogen and oxygen atoms in total. The van der Waals surface area contributed by atoms with Gasteiger partial charge in [-0.25, -0.2) is 4.79 Å². The summed E-state index contributed by atoms with van der Waals surface area (Å²) in [6, 6.07) is 31.2. The SMILES string of the molecule is CC(CCC(=O)OCc1ccccc1)NC(=O)CCC(NC(=O)COCCOCCNC(=O)CCC(NC(=O)OCC1c2ccccc2-c2ccccc21)C(=O)NCCOCCOCCN)C(=O)NC(C)CCC(=O)OCc1ccccc1. The van der Waals surface area contributed by atoms with Gasteiger partial charge < -0.3 is 70.8 Å². The van der Waals surface area contributed by atoms with Gasteiger partial charge in [-0.2, -0.15) is 0 Å². The smallest absolute Gasteiger partial charge is 0.407 e. The molecule has 22 heteroatoms. The average Bonchev–Trinajstić information content (AvgIpc) is 4.09. The molecule has 0 bridgehead atoms. The molecule has 0 heterocycles. The molecule has 1 aliphatic carbocycles. The van der Waals surface area contributed by atoms with E-state index in [1.807, 2.05) is 109 Å². The van der Waals surface area contributed by atoms with Gasteiger partial charge in [-0.05, 0) is 72.9 Å². The van der Waals surface area contributed by atoms with Crippen LogP contribution in [-0.4, -0.2) is 151 Å². The van der Waals surface area contributed by atoms with E-state index in [0.717, 1.165) is 33.4 Å². The highest BCUT2D eigenvalue weighted by atomic mass is 16.6. The molecule has 4 atom stereocenters. The zero-order valence-electron chi connectivity index (χ0n) is 47.5. The van der Waals surface area contributed by atoms with Crippen molar-refractivity contribution in [3.63, 3.8) is 0 Å². The topological polar surface area (TPSA) is 299 Å². The Morgan fingerprint density at radius 3 is 1.51 bits per heavy atom. The molecule has 0 saturated carbocycles. The van der Waals surface area contributed by atoms with Gasteiger partial charge in [0.1, 0.15) is 38.5 Å². The first-order valence-corrected chi connectivity index (χ1v) is 28.2. The third kappa shape index (κ3) is 25.9. The fourth-order valence-electron chi connectivity index (χ4n) is 8.74. The lowest BCUT2D eigenvalue weighted by Gasteiger charge is -2.22. The molecule has 0 aromatic heterocycles. The minimum Gasteiger partial charge on any atom is -0.461 e. The predicted molar refractivity (Wildman–Crippen MR) is 307 cm³/mol. The third-order valence-corrected chi connectivity index (χ3v) is 13.1. The van der Waals surface area contributed by atoms with Crippen molar-refractivity contribution in [3.8, 4) is 11.1 Å². The van der Waals surface area contributed by atoms with E-state index in [0.29, 0.717) is 32.8 Å². The number of carbonyl (C=O) groups excluding carboxylic acids is 8. The van der Waals surface area contributed by atoms with Crippen molar-refractivity contribution in [2.75, 3.05) is 79.1 Å². The third-order valence-electron chi connectivity index (χ3n) is 13.1. The van der Waals surface area contributed by atoms with Crippen molar-refractivity contribution in [1.29, 1.82) is 0 Å². The fourth-order valence-corrected chi connectivity index (χ4v) is 8.74. The molecule has 4 aromatic carbocycles. The number of nitrogens with one attached hydrogen (secondary N) is 6. The molecule has 8 N–H and O–H groups in total. The van der Waals surface area contributed by atoms with Gasteiger partial charge in [-0.1, -0.05) is 109 Å². The molecular weight excluding hydrogens is 1070 g/mol. The van der Waals surface area contributed by atoms with Crippen LogP contribution in [0.4, 0.5) is 4.79 Å². The number of carbonyl (C=O) groups is 8.